The molecule has 0 aromatic heterocycles. The van der Waals surface area contributed by atoms with E-state index in [0.29, 0.717) is 12.4 Å². The van der Waals surface area contributed by atoms with Crippen LogP contribution in [0, 0.1) is 0 Å². The molecule has 3 rings (SSSR count). The van der Waals surface area contributed by atoms with Gasteiger partial charge in [-0.2, -0.15) is 0 Å². The molecule has 2 aromatic carbocycles. The molecule has 0 saturated carbocycles. The van der Waals surface area contributed by atoms with Crippen molar-refractivity contribution >= 4 is 5.91 Å². The molecule has 0 spiro atoms. The highest BCUT2D eigenvalue weighted by molar-refractivity contribution is 5.78. The molecule has 22 heavy (non-hydrogen) atoms. The van der Waals surface area contributed by atoms with Gasteiger partial charge in [0, 0.05) is 5.56 Å². The van der Waals surface area contributed by atoms with E-state index >= 15 is 0 Å². The van der Waals surface area contributed by atoms with Crippen LogP contribution in [-0.2, 0) is 4.79 Å². The number of rotatable bonds is 4. The molecule has 0 bridgehead atoms. The highest BCUT2D eigenvalue weighted by atomic mass is 16.5. The molecule has 1 aliphatic heterocycles. The second-order valence-corrected chi connectivity index (χ2v) is 5.25. The predicted octanol–water partition coefficient (Wildman–Crippen LogP) is 3.10. The SMILES string of the molecule is O=C(COc1ccccc1)NC1CCCOc2ccccc21. The van der Waals surface area contributed by atoms with Gasteiger partial charge in [-0.05, 0) is 31.0 Å². The zero-order valence-electron chi connectivity index (χ0n) is 12.3. The summed E-state index contributed by atoms with van der Waals surface area (Å²) in [6.45, 7) is 0.702. The Balaban J connectivity index is 1.61. The van der Waals surface area contributed by atoms with Crippen LogP contribution in [0.3, 0.4) is 0 Å². The maximum Gasteiger partial charge on any atom is 0.258 e. The molecule has 1 N–H and O–H groups in total. The van der Waals surface area contributed by atoms with Gasteiger partial charge in [0.05, 0.1) is 12.6 Å². The van der Waals surface area contributed by atoms with Crippen molar-refractivity contribution < 1.29 is 14.3 Å². The topological polar surface area (TPSA) is 47.6 Å². The van der Waals surface area contributed by atoms with E-state index < -0.39 is 0 Å². The third kappa shape index (κ3) is 3.58. The fourth-order valence-electron chi connectivity index (χ4n) is 2.58. The Morgan fingerprint density at radius 2 is 1.91 bits per heavy atom. The fraction of sp³-hybridized carbons (Fsp3) is 0.278. The summed E-state index contributed by atoms with van der Waals surface area (Å²) in [5, 5.41) is 3.04. The van der Waals surface area contributed by atoms with Crippen LogP contribution in [0.15, 0.2) is 54.6 Å². The molecule has 1 atom stereocenters. The number of hydrogen-bond acceptors (Lipinski definition) is 3. The summed E-state index contributed by atoms with van der Waals surface area (Å²) in [6, 6.07) is 17.2. The Bertz CT molecular complexity index is 627. The van der Waals surface area contributed by atoms with E-state index in [1.165, 1.54) is 0 Å². The summed E-state index contributed by atoms with van der Waals surface area (Å²) < 4.78 is 11.2. The van der Waals surface area contributed by atoms with Crippen LogP contribution in [-0.4, -0.2) is 19.1 Å². The van der Waals surface area contributed by atoms with Crippen LogP contribution >= 0.6 is 0 Å². The quantitative estimate of drug-likeness (QED) is 0.943. The molecule has 114 valence electrons. The third-order valence-corrected chi connectivity index (χ3v) is 3.64. The first-order valence-corrected chi connectivity index (χ1v) is 7.52. The van der Waals surface area contributed by atoms with E-state index in [1.54, 1.807) is 0 Å². The van der Waals surface area contributed by atoms with Gasteiger partial charge in [0.2, 0.25) is 0 Å². The van der Waals surface area contributed by atoms with Crippen molar-refractivity contribution in [3.63, 3.8) is 0 Å². The van der Waals surface area contributed by atoms with Crippen LogP contribution in [0.4, 0.5) is 0 Å². The molecule has 0 saturated heterocycles. The van der Waals surface area contributed by atoms with Crippen molar-refractivity contribution in [3.05, 3.63) is 60.2 Å². The van der Waals surface area contributed by atoms with Crippen LogP contribution in [0.5, 0.6) is 11.5 Å². The van der Waals surface area contributed by atoms with Gasteiger partial charge in [0.1, 0.15) is 11.5 Å². The van der Waals surface area contributed by atoms with Crippen LogP contribution < -0.4 is 14.8 Å². The maximum absolute atomic E-state index is 12.1. The second-order valence-electron chi connectivity index (χ2n) is 5.25. The number of amides is 1. The fourth-order valence-corrected chi connectivity index (χ4v) is 2.58. The zero-order valence-corrected chi connectivity index (χ0v) is 12.3. The van der Waals surface area contributed by atoms with E-state index in [9.17, 15) is 4.79 Å². The van der Waals surface area contributed by atoms with Gasteiger partial charge in [-0.15, -0.1) is 0 Å². The summed E-state index contributed by atoms with van der Waals surface area (Å²) in [5.74, 6) is 1.43. The lowest BCUT2D eigenvalue weighted by atomic mass is 10.0. The first kappa shape index (κ1) is 14.4. The minimum absolute atomic E-state index is 0.0174. The molecule has 1 amide bonds. The number of para-hydroxylation sites is 2. The normalized spacial score (nSPS) is 16.8. The number of carbonyl (C=O) groups excluding carboxylic acids is 1. The molecule has 1 unspecified atom stereocenters. The molecule has 4 heteroatoms. The molecular formula is C18H19NO3. The first-order valence-electron chi connectivity index (χ1n) is 7.52. The number of ether oxygens (including phenoxy) is 2. The van der Waals surface area contributed by atoms with Crippen molar-refractivity contribution in [1.82, 2.24) is 5.32 Å². The summed E-state index contributed by atoms with van der Waals surface area (Å²) in [7, 11) is 0. The van der Waals surface area contributed by atoms with E-state index in [0.717, 1.165) is 24.2 Å². The molecule has 4 nitrogen and oxygen atoms in total. The molecule has 0 aliphatic carbocycles. The summed E-state index contributed by atoms with van der Waals surface area (Å²) in [6.07, 6.45) is 1.78. The largest absolute Gasteiger partial charge is 0.493 e. The predicted molar refractivity (Wildman–Crippen MR) is 84.0 cm³/mol. The van der Waals surface area contributed by atoms with Gasteiger partial charge in [0.25, 0.3) is 5.91 Å². The van der Waals surface area contributed by atoms with Crippen LogP contribution in [0.2, 0.25) is 0 Å². The first-order chi connectivity index (χ1) is 10.8. The lowest BCUT2D eigenvalue weighted by Gasteiger charge is -2.18. The summed E-state index contributed by atoms with van der Waals surface area (Å²) in [5.41, 5.74) is 1.04. The van der Waals surface area contributed by atoms with Gasteiger partial charge in [-0.25, -0.2) is 0 Å². The molecular weight excluding hydrogens is 278 g/mol. The standard InChI is InChI=1S/C18H19NO3/c20-18(13-22-14-7-2-1-3-8-14)19-16-10-6-12-21-17-11-5-4-9-15(16)17/h1-5,7-9,11,16H,6,10,12-13H2,(H,19,20). The van der Waals surface area contributed by atoms with Crippen molar-refractivity contribution in [3.8, 4) is 11.5 Å². The Kier molecular flexibility index (Phi) is 4.59. The maximum atomic E-state index is 12.1. The van der Waals surface area contributed by atoms with E-state index in [-0.39, 0.29) is 18.6 Å². The van der Waals surface area contributed by atoms with E-state index in [4.69, 9.17) is 9.47 Å². The highest BCUT2D eigenvalue weighted by Gasteiger charge is 2.21. The number of hydrogen-bond donors (Lipinski definition) is 1. The monoisotopic (exact) mass is 297 g/mol. The zero-order chi connectivity index (χ0) is 15.2. The van der Waals surface area contributed by atoms with Crippen LogP contribution in [0.25, 0.3) is 0 Å². The van der Waals surface area contributed by atoms with Gasteiger partial charge in [0.15, 0.2) is 6.61 Å². The molecule has 0 radical (unpaired) electrons. The molecule has 2 aromatic rings. The Morgan fingerprint density at radius 1 is 1.14 bits per heavy atom. The third-order valence-electron chi connectivity index (χ3n) is 3.64. The summed E-state index contributed by atoms with van der Waals surface area (Å²) in [4.78, 5) is 12.1. The number of carbonyl (C=O) groups is 1. The average molecular weight is 297 g/mol. The lowest BCUT2D eigenvalue weighted by molar-refractivity contribution is -0.123. The molecule has 1 heterocycles. The van der Waals surface area contributed by atoms with E-state index in [2.05, 4.69) is 5.32 Å². The summed E-state index contributed by atoms with van der Waals surface area (Å²) >= 11 is 0. The number of fused-ring (bicyclic) bond motifs is 1. The highest BCUT2D eigenvalue weighted by Crippen LogP contribution is 2.30. The Labute approximate surface area is 130 Å². The van der Waals surface area contributed by atoms with Crippen molar-refractivity contribution in [2.24, 2.45) is 0 Å². The van der Waals surface area contributed by atoms with Gasteiger partial charge in [-0.1, -0.05) is 36.4 Å². The minimum atomic E-state index is -0.120. The number of nitrogens with one attached hydrogen (secondary N) is 1. The average Bonchev–Trinajstić information content (AvgIpc) is 2.77. The van der Waals surface area contributed by atoms with Gasteiger partial charge < -0.3 is 14.8 Å². The van der Waals surface area contributed by atoms with Crippen molar-refractivity contribution in [1.29, 1.82) is 0 Å². The van der Waals surface area contributed by atoms with Crippen LogP contribution in [0.1, 0.15) is 24.4 Å². The number of benzene rings is 2. The second kappa shape index (κ2) is 6.98. The van der Waals surface area contributed by atoms with Crippen molar-refractivity contribution in [2.45, 2.75) is 18.9 Å². The Hall–Kier alpha value is -2.49. The van der Waals surface area contributed by atoms with E-state index in [1.807, 2.05) is 54.6 Å². The molecule has 0 fully saturated rings. The smallest absolute Gasteiger partial charge is 0.258 e. The Morgan fingerprint density at radius 3 is 2.77 bits per heavy atom. The lowest BCUT2D eigenvalue weighted by Crippen LogP contribution is -2.32. The van der Waals surface area contributed by atoms with Crippen molar-refractivity contribution in [2.75, 3.05) is 13.2 Å². The molecule has 1 aliphatic rings. The minimum Gasteiger partial charge on any atom is -0.493 e. The van der Waals surface area contributed by atoms with Gasteiger partial charge in [-0.3, -0.25) is 4.79 Å². The van der Waals surface area contributed by atoms with Gasteiger partial charge >= 0.3 is 0 Å².